The Kier molecular flexibility index (Phi) is 8.95. The van der Waals surface area contributed by atoms with Gasteiger partial charge in [0.2, 0.25) is 11.8 Å². The summed E-state index contributed by atoms with van der Waals surface area (Å²) < 4.78 is 6.27. The molecule has 1 atom stereocenters. The number of carbonyl (C=O) groups excluding carboxylic acids is 2. The number of hydrogen-bond donors (Lipinski definition) is 0. The molecule has 2 aliphatic rings. The van der Waals surface area contributed by atoms with Crippen LogP contribution in [-0.2, 0) is 9.59 Å². The van der Waals surface area contributed by atoms with Crippen LogP contribution in [0.3, 0.4) is 0 Å². The highest BCUT2D eigenvalue weighted by Crippen LogP contribution is 2.38. The van der Waals surface area contributed by atoms with Crippen molar-refractivity contribution in [3.63, 3.8) is 0 Å². The fourth-order valence-corrected chi connectivity index (χ4v) is 5.67. The third-order valence-electron chi connectivity index (χ3n) is 7.95. The maximum absolute atomic E-state index is 13.5. The molecule has 2 saturated heterocycles. The Morgan fingerprint density at radius 3 is 2.31 bits per heavy atom. The molecule has 2 aromatic rings. The minimum atomic E-state index is -0.284. The quantitative estimate of drug-likeness (QED) is 0.423. The van der Waals surface area contributed by atoms with E-state index in [2.05, 4.69) is 6.92 Å². The van der Waals surface area contributed by atoms with Crippen molar-refractivity contribution in [1.82, 2.24) is 9.80 Å². The minimum Gasteiger partial charge on any atom is -0.493 e. The number of amides is 2. The molecule has 0 saturated carbocycles. The highest BCUT2D eigenvalue weighted by molar-refractivity contribution is 6.31. The summed E-state index contributed by atoms with van der Waals surface area (Å²) in [5.74, 6) is 1.06. The summed E-state index contributed by atoms with van der Waals surface area (Å²) in [6.07, 6.45) is 6.13. The number of piperidine rings is 2. The summed E-state index contributed by atoms with van der Waals surface area (Å²) in [6.45, 7) is 7.51. The minimum absolute atomic E-state index is 0.123. The molecule has 2 fully saturated rings. The molecular weight excluding hydrogens is 472 g/mol. The molecule has 2 aliphatic heterocycles. The van der Waals surface area contributed by atoms with Gasteiger partial charge in [-0.05, 0) is 74.8 Å². The molecule has 5 nitrogen and oxygen atoms in total. The number of halogens is 1. The summed E-state index contributed by atoms with van der Waals surface area (Å²) in [7, 11) is 0. The second-order valence-electron chi connectivity index (χ2n) is 10.5. The lowest BCUT2D eigenvalue weighted by molar-refractivity contribution is -0.139. The molecule has 2 heterocycles. The van der Waals surface area contributed by atoms with E-state index >= 15 is 0 Å². The maximum atomic E-state index is 13.5. The maximum Gasteiger partial charge on any atom is 0.230 e. The van der Waals surface area contributed by atoms with Crippen molar-refractivity contribution in [3.8, 4) is 5.75 Å². The first kappa shape index (κ1) is 26.5. The third-order valence-corrected chi connectivity index (χ3v) is 8.38. The largest absolute Gasteiger partial charge is 0.493 e. The second kappa shape index (κ2) is 12.1. The predicted octanol–water partition coefficient (Wildman–Crippen LogP) is 6.23. The van der Waals surface area contributed by atoms with Crippen LogP contribution in [0.4, 0.5) is 0 Å². The van der Waals surface area contributed by atoms with Gasteiger partial charge in [0.1, 0.15) is 5.75 Å². The van der Waals surface area contributed by atoms with Crippen LogP contribution in [0.25, 0.3) is 0 Å². The van der Waals surface area contributed by atoms with Crippen molar-refractivity contribution in [2.24, 2.45) is 5.41 Å². The Labute approximate surface area is 220 Å². The SMILES string of the molecule is CC[C@@H](C(=O)N1CCC(COc2ccc(Cl)c(C)c2)(CC(=O)N2CCCCC2)CC1)c1ccccc1. The fraction of sp³-hybridized carbons (Fsp3) is 0.533. The lowest BCUT2D eigenvalue weighted by Crippen LogP contribution is -2.49. The van der Waals surface area contributed by atoms with Gasteiger partial charge in [-0.3, -0.25) is 9.59 Å². The number of ether oxygens (including phenoxy) is 1. The van der Waals surface area contributed by atoms with Gasteiger partial charge in [-0.2, -0.15) is 0 Å². The van der Waals surface area contributed by atoms with Gasteiger partial charge in [0.15, 0.2) is 0 Å². The Balaban J connectivity index is 1.46. The van der Waals surface area contributed by atoms with Gasteiger partial charge in [0.05, 0.1) is 12.5 Å². The zero-order valence-corrected chi connectivity index (χ0v) is 22.4. The van der Waals surface area contributed by atoms with Crippen LogP contribution in [0.2, 0.25) is 5.02 Å². The third kappa shape index (κ3) is 6.42. The zero-order chi connectivity index (χ0) is 25.5. The van der Waals surface area contributed by atoms with Crippen LogP contribution >= 0.6 is 11.6 Å². The van der Waals surface area contributed by atoms with E-state index in [0.29, 0.717) is 31.1 Å². The molecule has 0 unspecified atom stereocenters. The number of benzene rings is 2. The van der Waals surface area contributed by atoms with Crippen molar-refractivity contribution in [2.75, 3.05) is 32.8 Å². The van der Waals surface area contributed by atoms with Crippen LogP contribution < -0.4 is 4.74 Å². The van der Waals surface area contributed by atoms with E-state index in [1.807, 2.05) is 65.3 Å². The first-order valence-electron chi connectivity index (χ1n) is 13.4. The zero-order valence-electron chi connectivity index (χ0n) is 21.7. The molecule has 0 aromatic heterocycles. The smallest absolute Gasteiger partial charge is 0.230 e. The van der Waals surface area contributed by atoms with Gasteiger partial charge in [0.25, 0.3) is 0 Å². The molecule has 2 amide bonds. The van der Waals surface area contributed by atoms with Crippen LogP contribution in [0.1, 0.15) is 68.9 Å². The summed E-state index contributed by atoms with van der Waals surface area (Å²) in [5.41, 5.74) is 1.76. The highest BCUT2D eigenvalue weighted by Gasteiger charge is 2.40. The predicted molar refractivity (Wildman–Crippen MR) is 144 cm³/mol. The molecule has 6 heteroatoms. The van der Waals surface area contributed by atoms with Gasteiger partial charge >= 0.3 is 0 Å². The average Bonchev–Trinajstić information content (AvgIpc) is 2.91. The molecular formula is C30H39ClN2O3. The van der Waals surface area contributed by atoms with Gasteiger partial charge < -0.3 is 14.5 Å². The van der Waals surface area contributed by atoms with Crippen LogP contribution in [0.15, 0.2) is 48.5 Å². The van der Waals surface area contributed by atoms with Crippen molar-refractivity contribution < 1.29 is 14.3 Å². The Morgan fingerprint density at radius 2 is 1.67 bits per heavy atom. The van der Waals surface area contributed by atoms with Gasteiger partial charge in [-0.25, -0.2) is 0 Å². The molecule has 0 radical (unpaired) electrons. The second-order valence-corrected chi connectivity index (χ2v) is 10.9. The molecule has 0 aliphatic carbocycles. The van der Waals surface area contributed by atoms with Crippen LogP contribution in [0.5, 0.6) is 5.75 Å². The van der Waals surface area contributed by atoms with E-state index in [4.69, 9.17) is 16.3 Å². The fourth-order valence-electron chi connectivity index (χ4n) is 5.55. The first-order valence-corrected chi connectivity index (χ1v) is 13.8. The van der Waals surface area contributed by atoms with Crippen LogP contribution in [0, 0.1) is 12.3 Å². The Morgan fingerprint density at radius 1 is 0.972 bits per heavy atom. The molecule has 0 spiro atoms. The number of rotatable bonds is 8. The van der Waals surface area contributed by atoms with E-state index in [0.717, 1.165) is 62.1 Å². The number of carbonyl (C=O) groups is 2. The lowest BCUT2D eigenvalue weighted by atomic mass is 9.75. The van der Waals surface area contributed by atoms with Crippen molar-refractivity contribution in [3.05, 3.63) is 64.7 Å². The normalized spacial score (nSPS) is 18.5. The Hall–Kier alpha value is -2.53. The van der Waals surface area contributed by atoms with E-state index in [9.17, 15) is 9.59 Å². The first-order chi connectivity index (χ1) is 17.4. The topological polar surface area (TPSA) is 49.9 Å². The number of aryl methyl sites for hydroxylation is 1. The molecule has 36 heavy (non-hydrogen) atoms. The van der Waals surface area contributed by atoms with E-state index in [1.54, 1.807) is 0 Å². The van der Waals surface area contributed by atoms with Gasteiger partial charge in [-0.15, -0.1) is 0 Å². The number of nitrogens with zero attached hydrogens (tertiary/aromatic N) is 2. The summed E-state index contributed by atoms with van der Waals surface area (Å²) >= 11 is 6.20. The average molecular weight is 511 g/mol. The lowest BCUT2D eigenvalue weighted by Gasteiger charge is -2.43. The molecule has 0 bridgehead atoms. The molecule has 0 N–H and O–H groups in total. The van der Waals surface area contributed by atoms with Crippen molar-refractivity contribution >= 4 is 23.4 Å². The molecule has 2 aromatic carbocycles. The van der Waals surface area contributed by atoms with Crippen molar-refractivity contribution in [2.45, 2.75) is 64.7 Å². The van der Waals surface area contributed by atoms with Gasteiger partial charge in [0, 0.05) is 43.0 Å². The van der Waals surface area contributed by atoms with E-state index in [1.165, 1.54) is 6.42 Å². The van der Waals surface area contributed by atoms with Crippen LogP contribution in [-0.4, -0.2) is 54.4 Å². The van der Waals surface area contributed by atoms with E-state index < -0.39 is 0 Å². The van der Waals surface area contributed by atoms with Crippen molar-refractivity contribution in [1.29, 1.82) is 0 Å². The highest BCUT2D eigenvalue weighted by atomic mass is 35.5. The number of hydrogen-bond acceptors (Lipinski definition) is 3. The molecule has 4 rings (SSSR count). The number of likely N-dealkylation sites (tertiary alicyclic amines) is 2. The summed E-state index contributed by atoms with van der Waals surface area (Å²) in [5, 5.41) is 0.716. The van der Waals surface area contributed by atoms with E-state index in [-0.39, 0.29) is 23.1 Å². The summed E-state index contributed by atoms with van der Waals surface area (Å²) in [4.78, 5) is 30.8. The standard InChI is InChI=1S/C30H39ClN2O3/c1-3-26(24-10-6-4-7-11-24)29(35)33-18-14-30(15-19-33,21-28(34)32-16-8-5-9-17-32)22-36-25-12-13-27(31)23(2)20-25/h4,6-7,10-13,20,26H,3,5,8-9,14-19,21-22H2,1-2H3/t26-/m1/s1. The molecule has 194 valence electrons. The van der Waals surface area contributed by atoms with Gasteiger partial charge in [-0.1, -0.05) is 48.9 Å². The Bertz CT molecular complexity index is 1030. The summed E-state index contributed by atoms with van der Waals surface area (Å²) in [6, 6.07) is 15.7. The monoisotopic (exact) mass is 510 g/mol.